The molecule has 0 radical (unpaired) electrons. The van der Waals surface area contributed by atoms with Gasteiger partial charge >= 0.3 is 6.36 Å². The highest BCUT2D eigenvalue weighted by Gasteiger charge is 2.33. The lowest BCUT2D eigenvalue weighted by Crippen LogP contribution is -2.18. The van der Waals surface area contributed by atoms with E-state index in [0.29, 0.717) is 0 Å². The first-order chi connectivity index (χ1) is 7.76. The summed E-state index contributed by atoms with van der Waals surface area (Å²) in [7, 11) is 0. The molecule has 0 saturated heterocycles. The summed E-state index contributed by atoms with van der Waals surface area (Å²) < 4.78 is 39.6. The predicted octanol–water partition coefficient (Wildman–Crippen LogP) is 3.31. The highest BCUT2D eigenvalue weighted by molar-refractivity contribution is 6.35. The van der Waals surface area contributed by atoms with Crippen LogP contribution in [-0.4, -0.2) is 12.1 Å². The molecule has 1 aromatic rings. The number of carbonyl (C=O) groups excluding carboxylic acids is 1. The summed E-state index contributed by atoms with van der Waals surface area (Å²) in [5, 5.41) is 8.17. The van der Waals surface area contributed by atoms with Gasteiger partial charge in [0.05, 0.1) is 22.2 Å². The molecule has 0 amide bonds. The van der Waals surface area contributed by atoms with Gasteiger partial charge in [0.15, 0.2) is 5.78 Å². The van der Waals surface area contributed by atoms with Gasteiger partial charge in [0.1, 0.15) is 5.75 Å². The van der Waals surface area contributed by atoms with Gasteiger partial charge in [-0.15, -0.1) is 13.2 Å². The average Bonchev–Trinajstić information content (AvgIpc) is 2.18. The highest BCUT2D eigenvalue weighted by atomic mass is 35.5. The molecule has 90 valence electrons. The van der Waals surface area contributed by atoms with Gasteiger partial charge in [-0.1, -0.05) is 11.6 Å². The first-order valence-electron chi connectivity index (χ1n) is 4.25. The Hall–Kier alpha value is -1.74. The fourth-order valence-corrected chi connectivity index (χ4v) is 1.53. The van der Waals surface area contributed by atoms with Gasteiger partial charge in [-0.25, -0.2) is 0 Å². The van der Waals surface area contributed by atoms with Crippen molar-refractivity contribution in [1.82, 2.24) is 0 Å². The van der Waals surface area contributed by atoms with Crippen molar-refractivity contribution >= 4 is 17.4 Å². The third-order valence-corrected chi connectivity index (χ3v) is 2.18. The summed E-state index contributed by atoms with van der Waals surface area (Å²) >= 11 is 5.60. The second-order valence-electron chi connectivity index (χ2n) is 3.02. The first-order valence-corrected chi connectivity index (χ1v) is 4.63. The standard InChI is InChI=1S/C10H5ClF3NO2/c1-5(16)8-6(4-15)2-3-7(9(8)11)17-10(12,13)14/h2-3H,1H3. The van der Waals surface area contributed by atoms with Crippen LogP contribution in [0.25, 0.3) is 0 Å². The summed E-state index contributed by atoms with van der Waals surface area (Å²) in [6.45, 7) is 1.10. The van der Waals surface area contributed by atoms with Crippen LogP contribution in [0.15, 0.2) is 12.1 Å². The van der Waals surface area contributed by atoms with E-state index in [9.17, 15) is 18.0 Å². The molecule has 0 N–H and O–H groups in total. The van der Waals surface area contributed by atoms with Crippen LogP contribution >= 0.6 is 11.6 Å². The van der Waals surface area contributed by atoms with Gasteiger partial charge in [-0.05, 0) is 19.1 Å². The molecule has 0 atom stereocenters. The second kappa shape index (κ2) is 4.63. The van der Waals surface area contributed by atoms with E-state index < -0.39 is 22.9 Å². The molecule has 0 unspecified atom stereocenters. The Labute approximate surface area is 99.4 Å². The van der Waals surface area contributed by atoms with Crippen LogP contribution in [0.3, 0.4) is 0 Å². The molecule has 0 spiro atoms. The SMILES string of the molecule is CC(=O)c1c(C#N)ccc(OC(F)(F)F)c1Cl. The Bertz CT molecular complexity index is 505. The van der Waals surface area contributed by atoms with Crippen molar-refractivity contribution in [2.75, 3.05) is 0 Å². The number of ether oxygens (including phenoxy) is 1. The van der Waals surface area contributed by atoms with E-state index in [4.69, 9.17) is 16.9 Å². The first kappa shape index (κ1) is 13.3. The molecular formula is C10H5ClF3NO2. The Morgan fingerprint density at radius 3 is 2.47 bits per heavy atom. The maximum absolute atomic E-state index is 12.0. The maximum Gasteiger partial charge on any atom is 0.573 e. The van der Waals surface area contributed by atoms with Crippen LogP contribution in [0.5, 0.6) is 5.75 Å². The molecule has 0 saturated carbocycles. The summed E-state index contributed by atoms with van der Waals surface area (Å²) in [6, 6.07) is 3.60. The number of alkyl halides is 3. The van der Waals surface area contributed by atoms with Crippen LogP contribution < -0.4 is 4.74 Å². The van der Waals surface area contributed by atoms with Gasteiger partial charge in [0.25, 0.3) is 0 Å². The summed E-state index contributed by atoms with van der Waals surface area (Å²) in [5.41, 5.74) is -0.382. The minimum Gasteiger partial charge on any atom is -0.404 e. The van der Waals surface area contributed by atoms with Crippen LogP contribution in [-0.2, 0) is 0 Å². The summed E-state index contributed by atoms with van der Waals surface area (Å²) in [4.78, 5) is 11.2. The average molecular weight is 264 g/mol. The molecule has 3 nitrogen and oxygen atoms in total. The fraction of sp³-hybridized carbons (Fsp3) is 0.200. The molecule has 0 aliphatic heterocycles. The van der Waals surface area contributed by atoms with E-state index in [0.717, 1.165) is 19.1 Å². The number of nitriles is 1. The zero-order chi connectivity index (χ0) is 13.2. The zero-order valence-electron chi connectivity index (χ0n) is 8.43. The number of benzene rings is 1. The molecule has 0 heterocycles. The van der Waals surface area contributed by atoms with Gasteiger partial charge in [0, 0.05) is 0 Å². The lowest BCUT2D eigenvalue weighted by molar-refractivity contribution is -0.274. The molecule has 0 aromatic heterocycles. The number of rotatable bonds is 2. The number of carbonyl (C=O) groups is 1. The van der Waals surface area contributed by atoms with Gasteiger partial charge < -0.3 is 4.74 Å². The van der Waals surface area contributed by atoms with Crippen molar-refractivity contribution in [3.05, 3.63) is 28.3 Å². The Morgan fingerprint density at radius 1 is 1.47 bits per heavy atom. The molecule has 1 rings (SSSR count). The number of hydrogen-bond donors (Lipinski definition) is 0. The quantitative estimate of drug-likeness (QED) is 0.769. The van der Waals surface area contributed by atoms with Crippen molar-refractivity contribution in [3.63, 3.8) is 0 Å². The summed E-state index contributed by atoms with van der Waals surface area (Å²) in [5.74, 6) is -1.32. The largest absolute Gasteiger partial charge is 0.573 e. The number of halogens is 4. The smallest absolute Gasteiger partial charge is 0.404 e. The van der Waals surface area contributed by atoms with Crippen LogP contribution in [0.4, 0.5) is 13.2 Å². The number of hydrogen-bond acceptors (Lipinski definition) is 3. The van der Waals surface area contributed by atoms with Crippen LogP contribution in [0.1, 0.15) is 22.8 Å². The predicted molar refractivity (Wildman–Crippen MR) is 52.9 cm³/mol. The van der Waals surface area contributed by atoms with E-state index in [1.165, 1.54) is 0 Å². The topological polar surface area (TPSA) is 50.1 Å². The van der Waals surface area contributed by atoms with E-state index in [1.807, 2.05) is 0 Å². The second-order valence-corrected chi connectivity index (χ2v) is 3.39. The van der Waals surface area contributed by atoms with Crippen LogP contribution in [0, 0.1) is 11.3 Å². The lowest BCUT2D eigenvalue weighted by Gasteiger charge is -2.12. The lowest BCUT2D eigenvalue weighted by atomic mass is 10.0. The Balaban J connectivity index is 3.35. The number of ketones is 1. The molecule has 7 heteroatoms. The van der Waals surface area contributed by atoms with Crippen molar-refractivity contribution in [2.45, 2.75) is 13.3 Å². The minimum atomic E-state index is -4.91. The fourth-order valence-electron chi connectivity index (χ4n) is 1.20. The highest BCUT2D eigenvalue weighted by Crippen LogP contribution is 2.34. The monoisotopic (exact) mass is 263 g/mol. The molecular weight excluding hydrogens is 259 g/mol. The van der Waals surface area contributed by atoms with E-state index >= 15 is 0 Å². The number of nitrogens with zero attached hydrogens (tertiary/aromatic N) is 1. The van der Waals surface area contributed by atoms with E-state index in [-0.39, 0.29) is 11.1 Å². The van der Waals surface area contributed by atoms with Gasteiger partial charge in [-0.2, -0.15) is 5.26 Å². The van der Waals surface area contributed by atoms with Crippen molar-refractivity contribution in [1.29, 1.82) is 5.26 Å². The molecule has 17 heavy (non-hydrogen) atoms. The normalized spacial score (nSPS) is 10.8. The van der Waals surface area contributed by atoms with Gasteiger partial charge in [0.2, 0.25) is 0 Å². The maximum atomic E-state index is 12.0. The van der Waals surface area contributed by atoms with Gasteiger partial charge in [-0.3, -0.25) is 4.79 Å². The minimum absolute atomic E-state index is 0.1000. The molecule has 0 aliphatic rings. The molecule has 0 fully saturated rings. The van der Waals surface area contributed by atoms with Crippen molar-refractivity contribution in [2.24, 2.45) is 0 Å². The van der Waals surface area contributed by atoms with Crippen molar-refractivity contribution < 1.29 is 22.7 Å². The molecule has 1 aromatic carbocycles. The van der Waals surface area contributed by atoms with Crippen LogP contribution in [0.2, 0.25) is 5.02 Å². The molecule has 0 aliphatic carbocycles. The van der Waals surface area contributed by atoms with E-state index in [2.05, 4.69) is 4.74 Å². The Morgan fingerprint density at radius 2 is 2.06 bits per heavy atom. The number of Topliss-reactive ketones (excluding diaryl/α,β-unsaturated/α-hetero) is 1. The summed E-state index contributed by atoms with van der Waals surface area (Å²) in [6.07, 6.45) is -4.91. The Kier molecular flexibility index (Phi) is 3.63. The zero-order valence-corrected chi connectivity index (χ0v) is 9.19. The third kappa shape index (κ3) is 3.11. The molecule has 0 bridgehead atoms. The van der Waals surface area contributed by atoms with Crippen molar-refractivity contribution in [3.8, 4) is 11.8 Å². The van der Waals surface area contributed by atoms with E-state index in [1.54, 1.807) is 6.07 Å². The third-order valence-electron chi connectivity index (χ3n) is 1.80.